The Morgan fingerprint density at radius 2 is 1.89 bits per heavy atom. The minimum Gasteiger partial charge on any atom is -0.297 e. The zero-order valence-corrected chi connectivity index (χ0v) is 15.8. The Kier molecular flexibility index (Phi) is 4.83. The maximum Gasteiger partial charge on any atom is 0.258 e. The van der Waals surface area contributed by atoms with Crippen molar-refractivity contribution in [1.82, 2.24) is 14.3 Å². The third-order valence-electron chi connectivity index (χ3n) is 3.91. The molecule has 0 aliphatic carbocycles. The number of fused-ring (bicyclic) bond motifs is 1. The molecule has 0 radical (unpaired) electrons. The lowest BCUT2D eigenvalue weighted by molar-refractivity contribution is 0.102. The standard InChI is InChI=1S/C19H13FN4OS2/c1-26-19-23-18(27-24-19)22-17(25)14-10-16(11-6-8-12(20)9-7-11)21-15-5-3-2-4-13(14)15/h2-10H,1H3,(H,22,23,24,25). The Hall–Kier alpha value is -2.84. The lowest BCUT2D eigenvalue weighted by Crippen LogP contribution is -2.13. The van der Waals surface area contributed by atoms with Gasteiger partial charge in [0.2, 0.25) is 10.3 Å². The quantitative estimate of drug-likeness (QED) is 0.499. The van der Waals surface area contributed by atoms with Crippen LogP contribution in [-0.4, -0.2) is 26.5 Å². The SMILES string of the molecule is CSc1nsc(NC(=O)c2cc(-c3ccc(F)cc3)nc3ccccc23)n1. The lowest BCUT2D eigenvalue weighted by atomic mass is 10.0. The molecule has 0 fully saturated rings. The highest BCUT2D eigenvalue weighted by Gasteiger charge is 2.16. The van der Waals surface area contributed by atoms with Crippen LogP contribution in [0.3, 0.4) is 0 Å². The number of anilines is 1. The van der Waals surface area contributed by atoms with E-state index in [1.54, 1.807) is 18.2 Å². The molecule has 2 aromatic heterocycles. The molecule has 0 unspecified atom stereocenters. The average molecular weight is 396 g/mol. The average Bonchev–Trinajstić information content (AvgIpc) is 3.15. The fourth-order valence-corrected chi connectivity index (χ4v) is 3.76. The van der Waals surface area contributed by atoms with E-state index in [0.29, 0.717) is 27.1 Å². The number of carbonyl (C=O) groups excluding carboxylic acids is 1. The number of hydrogen-bond acceptors (Lipinski definition) is 6. The molecule has 134 valence electrons. The highest BCUT2D eigenvalue weighted by atomic mass is 32.2. The second kappa shape index (κ2) is 7.42. The topological polar surface area (TPSA) is 67.8 Å². The van der Waals surface area contributed by atoms with Crippen LogP contribution in [0.5, 0.6) is 0 Å². The summed E-state index contributed by atoms with van der Waals surface area (Å²) in [5.74, 6) is -0.612. The molecule has 8 heteroatoms. The number of para-hydroxylation sites is 1. The molecule has 0 spiro atoms. The van der Waals surface area contributed by atoms with Gasteiger partial charge in [0, 0.05) is 22.5 Å². The van der Waals surface area contributed by atoms with E-state index in [-0.39, 0.29) is 11.7 Å². The molecule has 27 heavy (non-hydrogen) atoms. The van der Waals surface area contributed by atoms with Crippen molar-refractivity contribution >= 4 is 45.2 Å². The van der Waals surface area contributed by atoms with Crippen LogP contribution in [0.2, 0.25) is 0 Å². The van der Waals surface area contributed by atoms with Crippen LogP contribution in [0.4, 0.5) is 9.52 Å². The first kappa shape index (κ1) is 17.6. The van der Waals surface area contributed by atoms with Crippen molar-refractivity contribution in [1.29, 1.82) is 0 Å². The summed E-state index contributed by atoms with van der Waals surface area (Å²) in [7, 11) is 0. The van der Waals surface area contributed by atoms with Gasteiger partial charge in [0.1, 0.15) is 5.82 Å². The summed E-state index contributed by atoms with van der Waals surface area (Å²) in [4.78, 5) is 21.8. The molecular weight excluding hydrogens is 383 g/mol. The molecule has 4 rings (SSSR count). The Morgan fingerprint density at radius 1 is 1.11 bits per heavy atom. The van der Waals surface area contributed by atoms with E-state index in [4.69, 9.17) is 0 Å². The van der Waals surface area contributed by atoms with Crippen LogP contribution >= 0.6 is 23.3 Å². The molecule has 0 aliphatic heterocycles. The number of thioether (sulfide) groups is 1. The van der Waals surface area contributed by atoms with Gasteiger partial charge in [-0.1, -0.05) is 30.0 Å². The largest absolute Gasteiger partial charge is 0.297 e. The number of nitrogens with zero attached hydrogens (tertiary/aromatic N) is 3. The molecule has 0 bridgehead atoms. The second-order valence-corrected chi connectivity index (χ2v) is 7.14. The van der Waals surface area contributed by atoms with Gasteiger partial charge >= 0.3 is 0 Å². The summed E-state index contributed by atoms with van der Waals surface area (Å²) < 4.78 is 17.4. The van der Waals surface area contributed by atoms with E-state index >= 15 is 0 Å². The molecule has 4 aromatic rings. The van der Waals surface area contributed by atoms with Crippen molar-refractivity contribution in [2.45, 2.75) is 5.16 Å². The van der Waals surface area contributed by atoms with Crippen molar-refractivity contribution < 1.29 is 9.18 Å². The Morgan fingerprint density at radius 3 is 2.63 bits per heavy atom. The van der Waals surface area contributed by atoms with Crippen molar-refractivity contribution in [3.63, 3.8) is 0 Å². The first-order valence-corrected chi connectivity index (χ1v) is 9.98. The Labute approximate surface area is 162 Å². The number of pyridine rings is 1. The Bertz CT molecular complexity index is 1130. The minimum atomic E-state index is -0.321. The van der Waals surface area contributed by atoms with E-state index in [2.05, 4.69) is 19.7 Å². The summed E-state index contributed by atoms with van der Waals surface area (Å²) >= 11 is 2.55. The van der Waals surface area contributed by atoms with Gasteiger partial charge in [-0.15, -0.1) is 0 Å². The normalized spacial score (nSPS) is 10.9. The highest BCUT2D eigenvalue weighted by molar-refractivity contribution is 7.98. The zero-order valence-electron chi connectivity index (χ0n) is 14.1. The van der Waals surface area contributed by atoms with Gasteiger partial charge in [0.05, 0.1) is 16.8 Å². The molecular formula is C19H13FN4OS2. The molecule has 2 heterocycles. The maximum atomic E-state index is 13.2. The summed E-state index contributed by atoms with van der Waals surface area (Å²) in [6.45, 7) is 0. The van der Waals surface area contributed by atoms with Crippen LogP contribution in [0.1, 0.15) is 10.4 Å². The fourth-order valence-electron chi connectivity index (χ4n) is 2.64. The van der Waals surface area contributed by atoms with E-state index < -0.39 is 0 Å². The first-order chi connectivity index (χ1) is 13.1. The smallest absolute Gasteiger partial charge is 0.258 e. The van der Waals surface area contributed by atoms with Crippen LogP contribution in [0.25, 0.3) is 22.2 Å². The zero-order chi connectivity index (χ0) is 18.8. The van der Waals surface area contributed by atoms with Gasteiger partial charge in [-0.05, 0) is 42.7 Å². The van der Waals surface area contributed by atoms with Crippen LogP contribution in [0.15, 0.2) is 59.8 Å². The number of amides is 1. The fraction of sp³-hybridized carbons (Fsp3) is 0.0526. The number of aromatic nitrogens is 3. The van der Waals surface area contributed by atoms with Crippen molar-refractivity contribution in [3.8, 4) is 11.3 Å². The molecule has 5 nitrogen and oxygen atoms in total. The molecule has 0 saturated heterocycles. The molecule has 2 aromatic carbocycles. The molecule has 0 atom stereocenters. The van der Waals surface area contributed by atoms with Gasteiger partial charge in [0.15, 0.2) is 0 Å². The monoisotopic (exact) mass is 396 g/mol. The predicted molar refractivity (Wildman–Crippen MR) is 107 cm³/mol. The van der Waals surface area contributed by atoms with Gasteiger partial charge in [-0.2, -0.15) is 9.36 Å². The van der Waals surface area contributed by atoms with E-state index in [1.165, 1.54) is 23.9 Å². The minimum absolute atomic E-state index is 0.291. The van der Waals surface area contributed by atoms with Crippen molar-refractivity contribution in [2.24, 2.45) is 0 Å². The molecule has 0 saturated carbocycles. The third-order valence-corrected chi connectivity index (χ3v) is 5.21. The van der Waals surface area contributed by atoms with Crippen LogP contribution in [-0.2, 0) is 0 Å². The number of hydrogen-bond donors (Lipinski definition) is 1. The van der Waals surface area contributed by atoms with E-state index in [1.807, 2.05) is 30.5 Å². The number of benzene rings is 2. The van der Waals surface area contributed by atoms with Gasteiger partial charge < -0.3 is 0 Å². The summed E-state index contributed by atoms with van der Waals surface area (Å²) in [5.41, 5.74) is 2.49. The highest BCUT2D eigenvalue weighted by Crippen LogP contribution is 2.26. The van der Waals surface area contributed by atoms with Gasteiger partial charge in [-0.25, -0.2) is 9.37 Å². The Balaban J connectivity index is 1.78. The van der Waals surface area contributed by atoms with Crippen LogP contribution in [0, 0.1) is 5.82 Å². The van der Waals surface area contributed by atoms with E-state index in [9.17, 15) is 9.18 Å². The third kappa shape index (κ3) is 3.67. The molecule has 0 aliphatic rings. The number of rotatable bonds is 4. The lowest BCUT2D eigenvalue weighted by Gasteiger charge is -2.09. The van der Waals surface area contributed by atoms with Gasteiger partial charge in [-0.3, -0.25) is 10.1 Å². The van der Waals surface area contributed by atoms with Crippen molar-refractivity contribution in [2.75, 3.05) is 11.6 Å². The van der Waals surface area contributed by atoms with Crippen molar-refractivity contribution in [3.05, 3.63) is 66.0 Å². The second-order valence-electron chi connectivity index (χ2n) is 5.62. The number of halogens is 1. The maximum absolute atomic E-state index is 13.2. The molecule has 1 N–H and O–H groups in total. The summed E-state index contributed by atoms with van der Waals surface area (Å²) in [6.07, 6.45) is 1.87. The van der Waals surface area contributed by atoms with E-state index in [0.717, 1.165) is 22.5 Å². The summed E-state index contributed by atoms with van der Waals surface area (Å²) in [5, 5.41) is 4.58. The predicted octanol–water partition coefficient (Wildman–Crippen LogP) is 4.87. The number of nitrogens with one attached hydrogen (secondary N) is 1. The first-order valence-electron chi connectivity index (χ1n) is 7.99. The summed E-state index contributed by atoms with van der Waals surface area (Å²) in [6, 6.07) is 15.1. The van der Waals surface area contributed by atoms with Gasteiger partial charge in [0.25, 0.3) is 5.91 Å². The number of carbonyl (C=O) groups is 1. The molecule has 1 amide bonds. The van der Waals surface area contributed by atoms with Crippen LogP contribution < -0.4 is 5.32 Å².